The van der Waals surface area contributed by atoms with Gasteiger partial charge in [-0.15, -0.1) is 0 Å². The molecular weight excluding hydrogens is 260 g/mol. The summed E-state index contributed by atoms with van der Waals surface area (Å²) >= 11 is 0. The van der Waals surface area contributed by atoms with Crippen molar-refractivity contribution in [2.75, 3.05) is 5.32 Å². The maximum Gasteiger partial charge on any atom is 0.328 e. The summed E-state index contributed by atoms with van der Waals surface area (Å²) < 4.78 is 1.67. The second-order valence-electron chi connectivity index (χ2n) is 4.19. The van der Waals surface area contributed by atoms with Gasteiger partial charge >= 0.3 is 5.69 Å². The lowest BCUT2D eigenvalue weighted by Crippen LogP contribution is -2.06. The predicted octanol–water partition coefficient (Wildman–Crippen LogP) is 1.52. The van der Waals surface area contributed by atoms with Crippen LogP contribution in [0, 0.1) is 28.4 Å². The highest BCUT2D eigenvalue weighted by Gasteiger charge is 2.21. The van der Waals surface area contributed by atoms with E-state index in [2.05, 4.69) is 15.4 Å². The van der Waals surface area contributed by atoms with Gasteiger partial charge < -0.3 is 5.32 Å². The van der Waals surface area contributed by atoms with Crippen LogP contribution in [0.2, 0.25) is 0 Å². The van der Waals surface area contributed by atoms with E-state index < -0.39 is 4.92 Å². The fourth-order valence-electron chi connectivity index (χ4n) is 1.86. The Morgan fingerprint density at radius 3 is 2.90 bits per heavy atom. The molecule has 0 aliphatic rings. The highest BCUT2D eigenvalue weighted by atomic mass is 16.6. The van der Waals surface area contributed by atoms with Crippen molar-refractivity contribution in [1.82, 2.24) is 14.8 Å². The molecule has 0 radical (unpaired) electrons. The number of aryl methyl sites for hydroxylation is 2. The number of hydrogen-bond donors (Lipinski definition) is 1. The number of anilines is 1. The first-order chi connectivity index (χ1) is 9.52. The summed E-state index contributed by atoms with van der Waals surface area (Å²) in [6.45, 7) is 2.20. The number of aromatic nitrogens is 3. The first-order valence-corrected chi connectivity index (χ1v) is 5.79. The van der Waals surface area contributed by atoms with E-state index in [1.165, 1.54) is 12.3 Å². The first kappa shape index (κ1) is 13.5. The SMILES string of the molecule is Cc1nn(C)cc1CNc1nccc(C#N)c1[N+](=O)[O-]. The van der Waals surface area contributed by atoms with Crippen LogP contribution in [0.4, 0.5) is 11.5 Å². The average molecular weight is 272 g/mol. The molecule has 0 amide bonds. The predicted molar refractivity (Wildman–Crippen MR) is 70.9 cm³/mol. The zero-order chi connectivity index (χ0) is 14.7. The van der Waals surface area contributed by atoms with Crippen molar-refractivity contribution in [3.05, 3.63) is 45.4 Å². The Bertz CT molecular complexity index is 700. The summed E-state index contributed by atoms with van der Waals surface area (Å²) in [4.78, 5) is 14.4. The molecule has 2 heterocycles. The molecule has 1 N–H and O–H groups in total. The number of nitriles is 1. The third-order valence-corrected chi connectivity index (χ3v) is 2.79. The van der Waals surface area contributed by atoms with Gasteiger partial charge in [0.2, 0.25) is 5.82 Å². The van der Waals surface area contributed by atoms with Crippen LogP contribution in [-0.4, -0.2) is 19.7 Å². The monoisotopic (exact) mass is 272 g/mol. The first-order valence-electron chi connectivity index (χ1n) is 5.79. The molecule has 0 saturated heterocycles. The van der Waals surface area contributed by atoms with Gasteiger partial charge in [0, 0.05) is 31.5 Å². The third-order valence-electron chi connectivity index (χ3n) is 2.79. The van der Waals surface area contributed by atoms with Crippen LogP contribution in [0.1, 0.15) is 16.8 Å². The summed E-state index contributed by atoms with van der Waals surface area (Å²) in [5.41, 5.74) is 1.41. The van der Waals surface area contributed by atoms with E-state index in [0.717, 1.165) is 11.3 Å². The van der Waals surface area contributed by atoms with Crippen molar-refractivity contribution in [2.24, 2.45) is 7.05 Å². The van der Waals surface area contributed by atoms with E-state index in [1.54, 1.807) is 17.8 Å². The zero-order valence-corrected chi connectivity index (χ0v) is 11.0. The fourth-order valence-corrected chi connectivity index (χ4v) is 1.86. The standard InChI is InChI=1S/C12H12N6O2/c1-8-10(7-17(2)16-8)6-15-12-11(18(19)20)9(5-13)3-4-14-12/h3-4,7H,6H2,1-2H3,(H,14,15). The maximum absolute atomic E-state index is 11.0. The molecule has 2 aromatic heterocycles. The molecule has 20 heavy (non-hydrogen) atoms. The molecule has 8 nitrogen and oxygen atoms in total. The molecule has 2 rings (SSSR count). The van der Waals surface area contributed by atoms with Gasteiger partial charge in [0.25, 0.3) is 0 Å². The van der Waals surface area contributed by atoms with Gasteiger partial charge in [-0.05, 0) is 13.0 Å². The molecule has 2 aromatic rings. The molecule has 0 atom stereocenters. The number of pyridine rings is 1. The number of nitrogens with zero attached hydrogens (tertiary/aromatic N) is 5. The molecule has 0 bridgehead atoms. The van der Waals surface area contributed by atoms with Gasteiger partial charge in [-0.25, -0.2) is 4.98 Å². The third kappa shape index (κ3) is 2.56. The van der Waals surface area contributed by atoms with Gasteiger partial charge in [-0.3, -0.25) is 14.8 Å². The zero-order valence-electron chi connectivity index (χ0n) is 11.0. The van der Waals surface area contributed by atoms with E-state index in [0.29, 0.717) is 6.54 Å². The minimum atomic E-state index is -0.607. The maximum atomic E-state index is 11.0. The van der Waals surface area contributed by atoms with Crippen molar-refractivity contribution >= 4 is 11.5 Å². The number of rotatable bonds is 4. The van der Waals surface area contributed by atoms with Crippen molar-refractivity contribution in [1.29, 1.82) is 5.26 Å². The van der Waals surface area contributed by atoms with Crippen LogP contribution in [0.15, 0.2) is 18.5 Å². The van der Waals surface area contributed by atoms with Crippen LogP contribution in [-0.2, 0) is 13.6 Å². The second kappa shape index (κ2) is 5.36. The van der Waals surface area contributed by atoms with E-state index in [-0.39, 0.29) is 17.1 Å². The summed E-state index contributed by atoms with van der Waals surface area (Å²) in [6.07, 6.45) is 3.19. The summed E-state index contributed by atoms with van der Waals surface area (Å²) in [5, 5.41) is 27.0. The summed E-state index contributed by atoms with van der Waals surface area (Å²) in [5.74, 6) is 0.0808. The highest BCUT2D eigenvalue weighted by Crippen LogP contribution is 2.26. The van der Waals surface area contributed by atoms with Crippen molar-refractivity contribution in [2.45, 2.75) is 13.5 Å². The Morgan fingerprint density at radius 1 is 1.60 bits per heavy atom. The minimum absolute atomic E-state index is 0.0181. The van der Waals surface area contributed by atoms with Crippen LogP contribution < -0.4 is 5.32 Å². The largest absolute Gasteiger partial charge is 0.360 e. The van der Waals surface area contributed by atoms with Crippen molar-refractivity contribution in [3.8, 4) is 6.07 Å². The molecule has 0 unspecified atom stereocenters. The summed E-state index contributed by atoms with van der Waals surface area (Å²) in [7, 11) is 1.80. The van der Waals surface area contributed by atoms with Gasteiger partial charge in [-0.2, -0.15) is 10.4 Å². The lowest BCUT2D eigenvalue weighted by Gasteiger charge is -2.05. The van der Waals surface area contributed by atoms with Crippen molar-refractivity contribution in [3.63, 3.8) is 0 Å². The van der Waals surface area contributed by atoms with E-state index >= 15 is 0 Å². The molecule has 0 fully saturated rings. The Labute approximate surface area is 114 Å². The Morgan fingerprint density at radius 2 is 2.35 bits per heavy atom. The molecule has 0 aliphatic heterocycles. The van der Waals surface area contributed by atoms with Gasteiger partial charge in [0.05, 0.1) is 10.6 Å². The van der Waals surface area contributed by atoms with E-state index in [9.17, 15) is 10.1 Å². The van der Waals surface area contributed by atoms with Gasteiger partial charge in [-0.1, -0.05) is 0 Å². The molecule has 102 valence electrons. The fraction of sp³-hybridized carbons (Fsp3) is 0.250. The number of nitro groups is 1. The highest BCUT2D eigenvalue weighted by molar-refractivity contribution is 5.64. The minimum Gasteiger partial charge on any atom is -0.360 e. The lowest BCUT2D eigenvalue weighted by molar-refractivity contribution is -0.384. The average Bonchev–Trinajstić information content (AvgIpc) is 2.73. The summed E-state index contributed by atoms with van der Waals surface area (Å²) in [6, 6.07) is 3.11. The van der Waals surface area contributed by atoms with Gasteiger partial charge in [0.15, 0.2) is 0 Å². The van der Waals surface area contributed by atoms with Crippen molar-refractivity contribution < 1.29 is 4.92 Å². The van der Waals surface area contributed by atoms with Crippen LogP contribution in [0.3, 0.4) is 0 Å². The molecule has 0 aromatic carbocycles. The molecule has 0 saturated carbocycles. The Kier molecular flexibility index (Phi) is 3.61. The second-order valence-corrected chi connectivity index (χ2v) is 4.19. The molecule has 8 heteroatoms. The normalized spacial score (nSPS) is 10.1. The van der Waals surface area contributed by atoms with Crippen LogP contribution >= 0.6 is 0 Å². The van der Waals surface area contributed by atoms with E-state index in [4.69, 9.17) is 5.26 Å². The van der Waals surface area contributed by atoms with Crippen LogP contribution in [0.5, 0.6) is 0 Å². The molecule has 0 aliphatic carbocycles. The quantitative estimate of drug-likeness (QED) is 0.667. The van der Waals surface area contributed by atoms with E-state index in [1.807, 2.05) is 13.1 Å². The number of nitrogens with one attached hydrogen (secondary N) is 1. The Balaban J connectivity index is 2.28. The molecular formula is C12H12N6O2. The topological polar surface area (TPSA) is 110 Å². The lowest BCUT2D eigenvalue weighted by atomic mass is 10.2. The van der Waals surface area contributed by atoms with Gasteiger partial charge in [0.1, 0.15) is 11.6 Å². The molecule has 0 spiro atoms. The van der Waals surface area contributed by atoms with Crippen LogP contribution in [0.25, 0.3) is 0 Å². The smallest absolute Gasteiger partial charge is 0.328 e. The Hall–Kier alpha value is -2.95. The number of hydrogen-bond acceptors (Lipinski definition) is 6.